The Morgan fingerprint density at radius 1 is 1.54 bits per heavy atom. The molecule has 1 N–H and O–H groups in total. The number of rotatable bonds is 1. The number of hydrogen-bond donors (Lipinski definition) is 1. The number of thiocarbonyl (C=S) groups is 1. The SMILES string of the molecule is CCNC(=S)N1CCC(C)CC1C. The van der Waals surface area contributed by atoms with Gasteiger partial charge in [0.05, 0.1) is 0 Å². The summed E-state index contributed by atoms with van der Waals surface area (Å²) in [6.45, 7) is 8.72. The van der Waals surface area contributed by atoms with Crippen LogP contribution >= 0.6 is 12.2 Å². The van der Waals surface area contributed by atoms with Gasteiger partial charge in [0.1, 0.15) is 0 Å². The van der Waals surface area contributed by atoms with Crippen LogP contribution in [0.4, 0.5) is 0 Å². The van der Waals surface area contributed by atoms with E-state index in [0.717, 1.165) is 24.1 Å². The standard InChI is InChI=1S/C10H20N2S/c1-4-11-10(13)12-6-5-8(2)7-9(12)3/h8-9H,4-7H2,1-3H3,(H,11,13). The molecule has 0 spiro atoms. The molecule has 1 aliphatic rings. The summed E-state index contributed by atoms with van der Waals surface area (Å²) in [5.41, 5.74) is 0. The molecule has 0 saturated carbocycles. The lowest BCUT2D eigenvalue weighted by atomic mass is 9.94. The van der Waals surface area contributed by atoms with Crippen molar-refractivity contribution in [1.29, 1.82) is 0 Å². The van der Waals surface area contributed by atoms with Crippen LogP contribution in [-0.4, -0.2) is 29.1 Å². The lowest BCUT2D eigenvalue weighted by molar-refractivity contribution is 0.208. The minimum absolute atomic E-state index is 0.607. The van der Waals surface area contributed by atoms with Crippen LogP contribution in [0.15, 0.2) is 0 Å². The lowest BCUT2D eigenvalue weighted by Crippen LogP contribution is -2.48. The molecule has 1 saturated heterocycles. The fourth-order valence-electron chi connectivity index (χ4n) is 1.96. The molecular weight excluding hydrogens is 180 g/mol. The molecule has 0 aliphatic carbocycles. The summed E-state index contributed by atoms with van der Waals surface area (Å²) >= 11 is 5.30. The van der Waals surface area contributed by atoms with E-state index in [9.17, 15) is 0 Å². The zero-order chi connectivity index (χ0) is 9.84. The van der Waals surface area contributed by atoms with E-state index in [4.69, 9.17) is 12.2 Å². The van der Waals surface area contributed by atoms with Crippen LogP contribution in [0.2, 0.25) is 0 Å². The minimum atomic E-state index is 0.607. The molecule has 0 aromatic carbocycles. The molecule has 76 valence electrons. The topological polar surface area (TPSA) is 15.3 Å². The Bertz CT molecular complexity index is 182. The maximum Gasteiger partial charge on any atom is 0.169 e. The van der Waals surface area contributed by atoms with E-state index in [2.05, 4.69) is 31.0 Å². The minimum Gasteiger partial charge on any atom is -0.363 e. The van der Waals surface area contributed by atoms with Gasteiger partial charge in [-0.3, -0.25) is 0 Å². The average Bonchev–Trinajstić information content (AvgIpc) is 2.04. The summed E-state index contributed by atoms with van der Waals surface area (Å²) in [5.74, 6) is 0.857. The molecule has 13 heavy (non-hydrogen) atoms. The van der Waals surface area contributed by atoms with Crippen LogP contribution in [0.3, 0.4) is 0 Å². The number of nitrogens with one attached hydrogen (secondary N) is 1. The van der Waals surface area contributed by atoms with Gasteiger partial charge in [0.15, 0.2) is 5.11 Å². The second kappa shape index (κ2) is 4.80. The first kappa shape index (κ1) is 10.8. The summed E-state index contributed by atoms with van der Waals surface area (Å²) in [6, 6.07) is 0.607. The molecule has 0 aromatic rings. The lowest BCUT2D eigenvalue weighted by Gasteiger charge is -2.38. The van der Waals surface area contributed by atoms with E-state index in [0.29, 0.717) is 6.04 Å². The van der Waals surface area contributed by atoms with E-state index in [-0.39, 0.29) is 0 Å². The fourth-order valence-corrected chi connectivity index (χ4v) is 2.38. The maximum atomic E-state index is 5.30. The van der Waals surface area contributed by atoms with Crippen LogP contribution in [-0.2, 0) is 0 Å². The highest BCUT2D eigenvalue weighted by atomic mass is 32.1. The summed E-state index contributed by atoms with van der Waals surface area (Å²) in [4.78, 5) is 2.32. The van der Waals surface area contributed by atoms with Gasteiger partial charge < -0.3 is 10.2 Å². The third kappa shape index (κ3) is 2.83. The molecule has 0 amide bonds. The first-order valence-electron chi connectivity index (χ1n) is 5.19. The van der Waals surface area contributed by atoms with Crippen molar-refractivity contribution in [2.45, 2.75) is 39.7 Å². The summed E-state index contributed by atoms with van der Waals surface area (Å²) in [5, 5.41) is 4.15. The first-order valence-corrected chi connectivity index (χ1v) is 5.60. The van der Waals surface area contributed by atoms with Crippen molar-refractivity contribution >= 4 is 17.3 Å². The quantitative estimate of drug-likeness (QED) is 0.652. The molecule has 1 heterocycles. The Kier molecular flexibility index (Phi) is 3.97. The van der Waals surface area contributed by atoms with Crippen LogP contribution in [0.5, 0.6) is 0 Å². The normalized spacial score (nSPS) is 28.7. The highest BCUT2D eigenvalue weighted by molar-refractivity contribution is 7.80. The van der Waals surface area contributed by atoms with Gasteiger partial charge in [0.2, 0.25) is 0 Å². The Morgan fingerprint density at radius 2 is 2.23 bits per heavy atom. The van der Waals surface area contributed by atoms with Gasteiger partial charge in [0.25, 0.3) is 0 Å². The van der Waals surface area contributed by atoms with Crippen molar-refractivity contribution in [2.75, 3.05) is 13.1 Å². The Hall–Kier alpha value is -0.310. The fraction of sp³-hybridized carbons (Fsp3) is 0.900. The van der Waals surface area contributed by atoms with Crippen LogP contribution in [0.25, 0.3) is 0 Å². The molecule has 2 atom stereocenters. The summed E-state index contributed by atoms with van der Waals surface area (Å²) in [6.07, 6.45) is 2.54. The second-order valence-electron chi connectivity index (χ2n) is 4.01. The highest BCUT2D eigenvalue weighted by Crippen LogP contribution is 2.21. The van der Waals surface area contributed by atoms with Crippen LogP contribution in [0.1, 0.15) is 33.6 Å². The van der Waals surface area contributed by atoms with Gasteiger partial charge in [-0.2, -0.15) is 0 Å². The van der Waals surface area contributed by atoms with Gasteiger partial charge in [0, 0.05) is 19.1 Å². The maximum absolute atomic E-state index is 5.30. The van der Waals surface area contributed by atoms with Gasteiger partial charge in [-0.15, -0.1) is 0 Å². The molecule has 1 fully saturated rings. The molecular formula is C10H20N2S. The van der Waals surface area contributed by atoms with Gasteiger partial charge in [-0.05, 0) is 44.8 Å². The van der Waals surface area contributed by atoms with Crippen molar-refractivity contribution in [3.63, 3.8) is 0 Å². The number of piperidine rings is 1. The predicted molar refractivity (Wildman–Crippen MR) is 60.8 cm³/mol. The second-order valence-corrected chi connectivity index (χ2v) is 4.39. The summed E-state index contributed by atoms with van der Waals surface area (Å²) in [7, 11) is 0. The molecule has 1 rings (SSSR count). The number of hydrogen-bond acceptors (Lipinski definition) is 1. The van der Waals surface area contributed by atoms with Gasteiger partial charge in [-0.1, -0.05) is 6.92 Å². The van der Waals surface area contributed by atoms with Crippen molar-refractivity contribution in [3.05, 3.63) is 0 Å². The van der Waals surface area contributed by atoms with Crippen molar-refractivity contribution < 1.29 is 0 Å². The highest BCUT2D eigenvalue weighted by Gasteiger charge is 2.23. The molecule has 0 radical (unpaired) electrons. The largest absolute Gasteiger partial charge is 0.363 e. The van der Waals surface area contributed by atoms with Crippen molar-refractivity contribution in [2.24, 2.45) is 5.92 Å². The molecule has 0 bridgehead atoms. The average molecular weight is 200 g/mol. The number of likely N-dealkylation sites (tertiary alicyclic amines) is 1. The Morgan fingerprint density at radius 3 is 2.77 bits per heavy atom. The third-order valence-electron chi connectivity index (χ3n) is 2.73. The first-order chi connectivity index (χ1) is 6.15. The molecule has 2 nitrogen and oxygen atoms in total. The Balaban J connectivity index is 2.45. The predicted octanol–water partition coefficient (Wildman–Crippen LogP) is 2.00. The Labute approximate surface area is 86.7 Å². The van der Waals surface area contributed by atoms with E-state index >= 15 is 0 Å². The number of nitrogens with zero attached hydrogens (tertiary/aromatic N) is 1. The molecule has 0 aromatic heterocycles. The van der Waals surface area contributed by atoms with Crippen LogP contribution < -0.4 is 5.32 Å². The molecule has 3 heteroatoms. The van der Waals surface area contributed by atoms with E-state index < -0.39 is 0 Å². The van der Waals surface area contributed by atoms with Gasteiger partial charge >= 0.3 is 0 Å². The van der Waals surface area contributed by atoms with E-state index in [1.54, 1.807) is 0 Å². The van der Waals surface area contributed by atoms with Crippen LogP contribution in [0, 0.1) is 5.92 Å². The van der Waals surface area contributed by atoms with Gasteiger partial charge in [-0.25, -0.2) is 0 Å². The van der Waals surface area contributed by atoms with E-state index in [1.165, 1.54) is 12.8 Å². The van der Waals surface area contributed by atoms with Crippen molar-refractivity contribution in [3.8, 4) is 0 Å². The smallest absolute Gasteiger partial charge is 0.169 e. The molecule has 1 aliphatic heterocycles. The van der Waals surface area contributed by atoms with Crippen molar-refractivity contribution in [1.82, 2.24) is 10.2 Å². The third-order valence-corrected chi connectivity index (χ3v) is 3.11. The monoisotopic (exact) mass is 200 g/mol. The zero-order valence-electron chi connectivity index (χ0n) is 8.84. The molecule has 2 unspecified atom stereocenters. The zero-order valence-corrected chi connectivity index (χ0v) is 9.66. The summed E-state index contributed by atoms with van der Waals surface area (Å²) < 4.78 is 0. The van der Waals surface area contributed by atoms with E-state index in [1.807, 2.05) is 0 Å².